The number of carbonyl (C=O) groups is 1. The summed E-state index contributed by atoms with van der Waals surface area (Å²) in [5.41, 5.74) is 2.55. The van der Waals surface area contributed by atoms with Crippen LogP contribution in [0.25, 0.3) is 21.9 Å². The molecule has 172 valence electrons. The van der Waals surface area contributed by atoms with Gasteiger partial charge in [-0.2, -0.15) is 0 Å². The maximum absolute atomic E-state index is 13.8. The highest BCUT2D eigenvalue weighted by Gasteiger charge is 2.24. The van der Waals surface area contributed by atoms with Crippen LogP contribution in [0.5, 0.6) is 11.5 Å². The van der Waals surface area contributed by atoms with E-state index in [9.17, 15) is 9.59 Å². The molecule has 1 amide bonds. The second-order valence-corrected chi connectivity index (χ2v) is 9.03. The number of nitrogens with zero attached hydrogens (tertiary/aromatic N) is 1. The Morgan fingerprint density at radius 3 is 2.59 bits per heavy atom. The van der Waals surface area contributed by atoms with Gasteiger partial charge in [-0.25, -0.2) is 0 Å². The molecule has 34 heavy (non-hydrogen) atoms. The third kappa shape index (κ3) is 4.07. The number of halogens is 1. The zero-order valence-electron chi connectivity index (χ0n) is 18.6. The second-order valence-electron chi connectivity index (χ2n) is 8.11. The van der Waals surface area contributed by atoms with Crippen LogP contribution in [0.1, 0.15) is 29.4 Å². The number of ether oxygens (including phenoxy) is 2. The SMILES string of the molecule is CCCNC(=O)c1c(-c2ccccc2)c2cc(Br)ccc2c(=O)n1Cc1ccc2c(c1)OCO2. The molecule has 0 unspecified atom stereocenters. The van der Waals surface area contributed by atoms with Crippen molar-refractivity contribution in [1.82, 2.24) is 9.88 Å². The number of hydrogen-bond acceptors (Lipinski definition) is 4. The molecule has 6 nitrogen and oxygen atoms in total. The lowest BCUT2D eigenvalue weighted by atomic mass is 9.96. The Balaban J connectivity index is 1.79. The van der Waals surface area contributed by atoms with Crippen molar-refractivity contribution in [2.45, 2.75) is 19.9 Å². The van der Waals surface area contributed by atoms with Gasteiger partial charge in [-0.1, -0.05) is 59.3 Å². The third-order valence-electron chi connectivity index (χ3n) is 5.82. The maximum atomic E-state index is 13.8. The molecule has 0 atom stereocenters. The van der Waals surface area contributed by atoms with Crippen LogP contribution in [-0.4, -0.2) is 23.8 Å². The molecule has 0 bridgehead atoms. The van der Waals surface area contributed by atoms with E-state index in [0.717, 1.165) is 33.0 Å². The van der Waals surface area contributed by atoms with Crippen LogP contribution in [0.2, 0.25) is 0 Å². The number of fused-ring (bicyclic) bond motifs is 2. The molecule has 7 heteroatoms. The lowest BCUT2D eigenvalue weighted by molar-refractivity contribution is 0.0944. The quantitative estimate of drug-likeness (QED) is 0.373. The highest BCUT2D eigenvalue weighted by Crippen LogP contribution is 2.35. The third-order valence-corrected chi connectivity index (χ3v) is 6.32. The van der Waals surface area contributed by atoms with Gasteiger partial charge < -0.3 is 14.8 Å². The van der Waals surface area contributed by atoms with E-state index < -0.39 is 0 Å². The molecular formula is C27H23BrN2O4. The summed E-state index contributed by atoms with van der Waals surface area (Å²) >= 11 is 3.53. The summed E-state index contributed by atoms with van der Waals surface area (Å²) in [5.74, 6) is 1.03. The van der Waals surface area contributed by atoms with Crippen molar-refractivity contribution >= 4 is 32.6 Å². The maximum Gasteiger partial charge on any atom is 0.268 e. The summed E-state index contributed by atoms with van der Waals surface area (Å²) in [5, 5.41) is 4.26. The second kappa shape index (κ2) is 9.35. The Labute approximate surface area is 205 Å². The summed E-state index contributed by atoms with van der Waals surface area (Å²) in [4.78, 5) is 27.3. The average Bonchev–Trinajstić information content (AvgIpc) is 3.32. The molecule has 5 rings (SSSR count). The number of benzene rings is 3. The first kappa shape index (κ1) is 22.2. The van der Waals surface area contributed by atoms with E-state index in [2.05, 4.69) is 21.2 Å². The average molecular weight is 519 g/mol. The monoisotopic (exact) mass is 518 g/mol. The Morgan fingerprint density at radius 2 is 1.79 bits per heavy atom. The number of aromatic nitrogens is 1. The van der Waals surface area contributed by atoms with Gasteiger partial charge in [0.1, 0.15) is 5.69 Å². The fraction of sp³-hybridized carbons (Fsp3) is 0.185. The minimum absolute atomic E-state index is 0.173. The first-order valence-corrected chi connectivity index (χ1v) is 11.9. The van der Waals surface area contributed by atoms with Crippen LogP contribution in [0, 0.1) is 0 Å². The van der Waals surface area contributed by atoms with Crippen LogP contribution in [0.4, 0.5) is 0 Å². The molecule has 1 aliphatic rings. The molecule has 3 aromatic carbocycles. The predicted molar refractivity (Wildman–Crippen MR) is 136 cm³/mol. The molecule has 0 spiro atoms. The molecule has 1 aliphatic heterocycles. The van der Waals surface area contributed by atoms with Crippen LogP contribution in [0.3, 0.4) is 0 Å². The Hall–Kier alpha value is -3.58. The normalized spacial score (nSPS) is 12.2. The largest absolute Gasteiger partial charge is 0.454 e. The van der Waals surface area contributed by atoms with E-state index in [-0.39, 0.29) is 24.8 Å². The van der Waals surface area contributed by atoms with E-state index in [1.165, 1.54) is 0 Å². The van der Waals surface area contributed by atoms with E-state index in [1.807, 2.05) is 67.6 Å². The molecule has 1 N–H and O–H groups in total. The van der Waals surface area contributed by atoms with Gasteiger partial charge in [0, 0.05) is 22.0 Å². The van der Waals surface area contributed by atoms with Crippen LogP contribution >= 0.6 is 15.9 Å². The summed E-state index contributed by atoms with van der Waals surface area (Å²) in [6, 6.07) is 20.8. The minimum atomic E-state index is -0.277. The smallest absolute Gasteiger partial charge is 0.268 e. The van der Waals surface area contributed by atoms with Gasteiger partial charge in [-0.05, 0) is 53.3 Å². The number of rotatable bonds is 6. The van der Waals surface area contributed by atoms with E-state index in [0.29, 0.717) is 29.1 Å². The molecule has 0 radical (unpaired) electrons. The van der Waals surface area contributed by atoms with E-state index >= 15 is 0 Å². The van der Waals surface area contributed by atoms with Crippen molar-refractivity contribution in [3.8, 4) is 22.6 Å². The lowest BCUT2D eigenvalue weighted by Gasteiger charge is -2.20. The van der Waals surface area contributed by atoms with Gasteiger partial charge in [0.25, 0.3) is 11.5 Å². The van der Waals surface area contributed by atoms with Gasteiger partial charge in [0.15, 0.2) is 11.5 Å². The van der Waals surface area contributed by atoms with Crippen LogP contribution in [-0.2, 0) is 6.54 Å². The minimum Gasteiger partial charge on any atom is -0.454 e. The number of carbonyl (C=O) groups excluding carboxylic acids is 1. The summed E-state index contributed by atoms with van der Waals surface area (Å²) in [6.45, 7) is 2.90. The molecule has 2 heterocycles. The zero-order valence-corrected chi connectivity index (χ0v) is 20.2. The predicted octanol–water partition coefficient (Wildman–Crippen LogP) is 5.35. The molecule has 1 aromatic heterocycles. The summed E-state index contributed by atoms with van der Waals surface area (Å²) in [7, 11) is 0. The van der Waals surface area contributed by atoms with Crippen molar-refractivity contribution in [1.29, 1.82) is 0 Å². The fourth-order valence-electron chi connectivity index (χ4n) is 4.25. The molecule has 4 aromatic rings. The molecule has 0 fully saturated rings. The van der Waals surface area contributed by atoms with Crippen molar-refractivity contribution in [2.75, 3.05) is 13.3 Å². The topological polar surface area (TPSA) is 69.6 Å². The van der Waals surface area contributed by atoms with Gasteiger partial charge in [-0.3, -0.25) is 14.2 Å². The molecule has 0 saturated heterocycles. The van der Waals surface area contributed by atoms with Crippen molar-refractivity contribution in [3.05, 3.63) is 92.8 Å². The highest BCUT2D eigenvalue weighted by molar-refractivity contribution is 9.10. The highest BCUT2D eigenvalue weighted by atomic mass is 79.9. The van der Waals surface area contributed by atoms with Crippen molar-refractivity contribution in [3.63, 3.8) is 0 Å². The number of hydrogen-bond donors (Lipinski definition) is 1. The Kier molecular flexibility index (Phi) is 6.11. The number of nitrogens with one attached hydrogen (secondary N) is 1. The Bertz CT molecular complexity index is 1450. The first-order valence-electron chi connectivity index (χ1n) is 11.1. The molecule has 0 saturated carbocycles. The van der Waals surface area contributed by atoms with Crippen molar-refractivity contribution in [2.24, 2.45) is 0 Å². The summed E-state index contributed by atoms with van der Waals surface area (Å²) in [6.07, 6.45) is 0.790. The van der Waals surface area contributed by atoms with Gasteiger partial charge in [0.2, 0.25) is 6.79 Å². The molecular weight excluding hydrogens is 496 g/mol. The van der Waals surface area contributed by atoms with Crippen LogP contribution < -0.4 is 20.3 Å². The number of amides is 1. The van der Waals surface area contributed by atoms with Gasteiger partial charge in [-0.15, -0.1) is 0 Å². The van der Waals surface area contributed by atoms with Gasteiger partial charge in [0.05, 0.1) is 6.54 Å². The zero-order chi connectivity index (χ0) is 23.7. The van der Waals surface area contributed by atoms with E-state index in [1.54, 1.807) is 10.6 Å². The standard InChI is InChI=1S/C27H23BrN2O4/c1-2-12-29-26(31)25-24(18-6-4-3-5-7-18)21-14-19(28)9-10-20(21)27(32)30(25)15-17-8-11-22-23(13-17)34-16-33-22/h3-11,13-14H,2,12,15-16H2,1H3,(H,29,31). The number of pyridine rings is 1. The van der Waals surface area contributed by atoms with Gasteiger partial charge >= 0.3 is 0 Å². The first-order chi connectivity index (χ1) is 16.6. The van der Waals surface area contributed by atoms with E-state index in [4.69, 9.17) is 9.47 Å². The van der Waals surface area contributed by atoms with Crippen LogP contribution in [0.15, 0.2) is 76.0 Å². The summed E-state index contributed by atoms with van der Waals surface area (Å²) < 4.78 is 13.3. The fourth-order valence-corrected chi connectivity index (χ4v) is 4.61. The molecule has 0 aliphatic carbocycles. The lowest BCUT2D eigenvalue weighted by Crippen LogP contribution is -2.34. The van der Waals surface area contributed by atoms with Crippen molar-refractivity contribution < 1.29 is 14.3 Å². The Morgan fingerprint density at radius 1 is 1.00 bits per heavy atom.